The zero-order valence-corrected chi connectivity index (χ0v) is 5.23. The first-order valence-corrected chi connectivity index (χ1v) is 2.72. The lowest BCUT2D eigenvalue weighted by Crippen LogP contribution is -2.25. The Morgan fingerprint density at radius 2 is 2.00 bits per heavy atom. The Morgan fingerprint density at radius 3 is 2.00 bits per heavy atom. The van der Waals surface area contributed by atoms with Crippen LogP contribution in [0.15, 0.2) is 0 Å². The average Bonchev–Trinajstić information content (AvgIpc) is 2.10. The maximum absolute atomic E-state index is 8.43. The molecule has 2 heteroatoms. The van der Waals surface area contributed by atoms with Gasteiger partial charge in [-0.25, -0.2) is 0 Å². The molecular formula is C6H10N2. The molecule has 1 atom stereocenters. The van der Waals surface area contributed by atoms with Gasteiger partial charge in [0, 0.05) is 0 Å². The molecule has 1 aliphatic carbocycles. The molecule has 0 saturated heterocycles. The fourth-order valence-electron chi connectivity index (χ4n) is 0.844. The van der Waals surface area contributed by atoms with E-state index in [-0.39, 0.29) is 5.41 Å². The largest absolute Gasteiger partial charge is 0.313 e. The summed E-state index contributed by atoms with van der Waals surface area (Å²) in [6, 6.07) is 2.08. The summed E-state index contributed by atoms with van der Waals surface area (Å²) in [4.78, 5) is 0. The van der Waals surface area contributed by atoms with Crippen LogP contribution in [0.4, 0.5) is 0 Å². The Morgan fingerprint density at radius 1 is 1.62 bits per heavy atom. The van der Waals surface area contributed by atoms with Crippen LogP contribution < -0.4 is 5.73 Å². The highest BCUT2D eigenvalue weighted by molar-refractivity contribution is 5.27. The zero-order chi connectivity index (χ0) is 6.41. The van der Waals surface area contributed by atoms with Gasteiger partial charge in [-0.15, -0.1) is 0 Å². The molecule has 0 radical (unpaired) electrons. The minimum absolute atomic E-state index is 0.0712. The molecule has 0 aromatic heterocycles. The molecule has 0 spiro atoms. The number of nitrogens with two attached hydrogens (primary N) is 1. The van der Waals surface area contributed by atoms with Crippen molar-refractivity contribution >= 4 is 0 Å². The van der Waals surface area contributed by atoms with Gasteiger partial charge in [0.15, 0.2) is 0 Å². The highest BCUT2D eigenvalue weighted by Gasteiger charge is 2.59. The topological polar surface area (TPSA) is 49.8 Å². The van der Waals surface area contributed by atoms with E-state index < -0.39 is 5.54 Å². The molecule has 1 saturated carbocycles. The fraction of sp³-hybridized carbons (Fsp3) is 0.833. The van der Waals surface area contributed by atoms with Crippen LogP contribution in [0.25, 0.3) is 0 Å². The van der Waals surface area contributed by atoms with Crippen LogP contribution in [-0.2, 0) is 0 Å². The summed E-state index contributed by atoms with van der Waals surface area (Å²) in [5.74, 6) is 0. The van der Waals surface area contributed by atoms with Crippen molar-refractivity contribution in [2.75, 3.05) is 0 Å². The van der Waals surface area contributed by atoms with Crippen LogP contribution >= 0.6 is 0 Å². The SMILES string of the molecule is CC1(C)C[C@]1(N)C#N. The second-order valence-corrected chi connectivity index (χ2v) is 3.14. The van der Waals surface area contributed by atoms with Gasteiger partial charge in [0.2, 0.25) is 0 Å². The van der Waals surface area contributed by atoms with Gasteiger partial charge in [0.1, 0.15) is 5.54 Å². The predicted octanol–water partition coefficient (Wildman–Crippen LogP) is 0.637. The zero-order valence-electron chi connectivity index (χ0n) is 5.23. The molecule has 0 bridgehead atoms. The monoisotopic (exact) mass is 110 g/mol. The van der Waals surface area contributed by atoms with E-state index >= 15 is 0 Å². The normalized spacial score (nSPS) is 40.8. The molecule has 44 valence electrons. The summed E-state index contributed by atoms with van der Waals surface area (Å²) < 4.78 is 0. The standard InChI is InChI=1S/C6H10N2/c1-5(2)3-6(5,8)4-7/h3,8H2,1-2H3/t6-/m0/s1. The smallest absolute Gasteiger partial charge is 0.110 e. The molecule has 2 nitrogen and oxygen atoms in total. The summed E-state index contributed by atoms with van der Waals surface area (Å²) >= 11 is 0. The second kappa shape index (κ2) is 1.06. The lowest BCUT2D eigenvalue weighted by molar-refractivity contribution is 0.566. The first-order valence-electron chi connectivity index (χ1n) is 2.72. The maximum atomic E-state index is 8.43. The highest BCUT2D eigenvalue weighted by Crippen LogP contribution is 2.52. The van der Waals surface area contributed by atoms with Crippen molar-refractivity contribution in [3.8, 4) is 6.07 Å². The first-order chi connectivity index (χ1) is 3.52. The van der Waals surface area contributed by atoms with Gasteiger partial charge >= 0.3 is 0 Å². The van der Waals surface area contributed by atoms with Crippen LogP contribution in [0.2, 0.25) is 0 Å². The summed E-state index contributed by atoms with van der Waals surface area (Å²) in [5, 5.41) is 8.43. The van der Waals surface area contributed by atoms with Crippen LogP contribution in [0.1, 0.15) is 20.3 Å². The van der Waals surface area contributed by atoms with Crippen LogP contribution in [0, 0.1) is 16.7 Å². The summed E-state index contributed by atoms with van der Waals surface area (Å²) in [6.45, 7) is 4.02. The Kier molecular flexibility index (Phi) is 0.739. The minimum Gasteiger partial charge on any atom is -0.313 e. The van der Waals surface area contributed by atoms with Crippen LogP contribution in [-0.4, -0.2) is 5.54 Å². The van der Waals surface area contributed by atoms with E-state index in [9.17, 15) is 0 Å². The van der Waals surface area contributed by atoms with Gasteiger partial charge < -0.3 is 5.73 Å². The molecule has 0 aliphatic heterocycles. The number of hydrogen-bond acceptors (Lipinski definition) is 2. The van der Waals surface area contributed by atoms with E-state index in [4.69, 9.17) is 11.0 Å². The number of nitrogens with zero attached hydrogens (tertiary/aromatic N) is 1. The third-order valence-electron chi connectivity index (χ3n) is 2.00. The van der Waals surface area contributed by atoms with Gasteiger partial charge in [-0.05, 0) is 11.8 Å². The summed E-state index contributed by atoms with van der Waals surface area (Å²) in [6.07, 6.45) is 0.844. The van der Waals surface area contributed by atoms with Gasteiger partial charge in [0.05, 0.1) is 6.07 Å². The summed E-state index contributed by atoms with van der Waals surface area (Å²) in [7, 11) is 0. The van der Waals surface area contributed by atoms with Crippen molar-refractivity contribution < 1.29 is 0 Å². The van der Waals surface area contributed by atoms with Crippen molar-refractivity contribution in [3.63, 3.8) is 0 Å². The molecule has 2 N–H and O–H groups in total. The predicted molar refractivity (Wildman–Crippen MR) is 30.9 cm³/mol. The van der Waals surface area contributed by atoms with E-state index in [1.54, 1.807) is 0 Å². The van der Waals surface area contributed by atoms with E-state index in [2.05, 4.69) is 6.07 Å². The Balaban J connectivity index is 2.72. The molecular weight excluding hydrogens is 100 g/mol. The Hall–Kier alpha value is -0.550. The van der Waals surface area contributed by atoms with E-state index in [1.807, 2.05) is 13.8 Å². The lowest BCUT2D eigenvalue weighted by Gasteiger charge is -2.01. The van der Waals surface area contributed by atoms with Crippen LogP contribution in [0.3, 0.4) is 0 Å². The third-order valence-corrected chi connectivity index (χ3v) is 2.00. The quantitative estimate of drug-likeness (QED) is 0.497. The maximum Gasteiger partial charge on any atom is 0.110 e. The lowest BCUT2D eigenvalue weighted by atomic mass is 10.1. The number of rotatable bonds is 0. The van der Waals surface area contributed by atoms with Gasteiger partial charge in [-0.3, -0.25) is 0 Å². The Bertz CT molecular complexity index is 154. The minimum atomic E-state index is -0.507. The fourth-order valence-corrected chi connectivity index (χ4v) is 0.844. The summed E-state index contributed by atoms with van der Waals surface area (Å²) in [5.41, 5.74) is 5.13. The highest BCUT2D eigenvalue weighted by atomic mass is 14.9. The van der Waals surface area contributed by atoms with E-state index in [0.29, 0.717) is 0 Å². The molecule has 1 fully saturated rings. The van der Waals surface area contributed by atoms with E-state index in [1.165, 1.54) is 0 Å². The molecule has 1 rings (SSSR count). The Labute approximate surface area is 49.3 Å². The first kappa shape index (κ1) is 5.58. The number of nitriles is 1. The molecule has 0 aromatic carbocycles. The molecule has 0 aromatic rings. The average molecular weight is 110 g/mol. The van der Waals surface area contributed by atoms with Gasteiger partial charge in [-0.2, -0.15) is 5.26 Å². The van der Waals surface area contributed by atoms with Crippen molar-refractivity contribution in [1.29, 1.82) is 5.26 Å². The van der Waals surface area contributed by atoms with Crippen molar-refractivity contribution in [2.45, 2.75) is 25.8 Å². The van der Waals surface area contributed by atoms with E-state index in [0.717, 1.165) is 6.42 Å². The van der Waals surface area contributed by atoms with Gasteiger partial charge in [-0.1, -0.05) is 13.8 Å². The molecule has 0 heterocycles. The molecule has 0 amide bonds. The third kappa shape index (κ3) is 0.452. The second-order valence-electron chi connectivity index (χ2n) is 3.14. The van der Waals surface area contributed by atoms with Crippen molar-refractivity contribution in [1.82, 2.24) is 0 Å². The number of hydrogen-bond donors (Lipinski definition) is 1. The molecule has 1 aliphatic rings. The van der Waals surface area contributed by atoms with Gasteiger partial charge in [0.25, 0.3) is 0 Å². The van der Waals surface area contributed by atoms with Crippen molar-refractivity contribution in [3.05, 3.63) is 0 Å². The molecule has 0 unspecified atom stereocenters. The molecule has 8 heavy (non-hydrogen) atoms. The van der Waals surface area contributed by atoms with Crippen LogP contribution in [0.5, 0.6) is 0 Å². The van der Waals surface area contributed by atoms with Crippen molar-refractivity contribution in [2.24, 2.45) is 11.1 Å².